The van der Waals surface area contributed by atoms with Crippen LogP contribution in [0.15, 0.2) is 60.0 Å². The van der Waals surface area contributed by atoms with Crippen molar-refractivity contribution in [1.29, 1.82) is 0 Å². The highest BCUT2D eigenvalue weighted by molar-refractivity contribution is 7.13. The fourth-order valence-electron chi connectivity index (χ4n) is 2.37. The van der Waals surface area contributed by atoms with Gasteiger partial charge in [-0.05, 0) is 24.1 Å². The zero-order valence-corrected chi connectivity index (χ0v) is 13.9. The standard InChI is InChI=1S/C19H17FN2OS/c20-16-8-4-5-14(11-16)9-10-21-18(23)12-17-13-24-19(22-17)15-6-2-1-3-7-15/h1-8,11,13H,9-10,12H2,(H,21,23). The summed E-state index contributed by atoms with van der Waals surface area (Å²) in [7, 11) is 0. The second-order valence-electron chi connectivity index (χ2n) is 5.42. The summed E-state index contributed by atoms with van der Waals surface area (Å²) in [6, 6.07) is 16.3. The van der Waals surface area contributed by atoms with Crippen molar-refractivity contribution in [3.8, 4) is 10.6 Å². The van der Waals surface area contributed by atoms with E-state index in [1.807, 2.05) is 41.8 Å². The van der Waals surface area contributed by atoms with Crippen molar-refractivity contribution >= 4 is 17.2 Å². The molecule has 0 fully saturated rings. The Morgan fingerprint density at radius 2 is 1.96 bits per heavy atom. The van der Waals surface area contributed by atoms with E-state index in [0.717, 1.165) is 21.8 Å². The smallest absolute Gasteiger partial charge is 0.226 e. The van der Waals surface area contributed by atoms with Crippen LogP contribution in [0.2, 0.25) is 0 Å². The van der Waals surface area contributed by atoms with Crippen molar-refractivity contribution < 1.29 is 9.18 Å². The van der Waals surface area contributed by atoms with Crippen LogP contribution in [0, 0.1) is 5.82 Å². The van der Waals surface area contributed by atoms with Gasteiger partial charge in [-0.1, -0.05) is 42.5 Å². The van der Waals surface area contributed by atoms with Crippen molar-refractivity contribution in [1.82, 2.24) is 10.3 Å². The van der Waals surface area contributed by atoms with Crippen LogP contribution in [0.1, 0.15) is 11.3 Å². The van der Waals surface area contributed by atoms with Gasteiger partial charge in [-0.3, -0.25) is 4.79 Å². The maximum absolute atomic E-state index is 13.1. The molecule has 1 N–H and O–H groups in total. The zero-order chi connectivity index (χ0) is 16.8. The topological polar surface area (TPSA) is 42.0 Å². The van der Waals surface area contributed by atoms with Gasteiger partial charge in [0.25, 0.3) is 0 Å². The molecule has 0 radical (unpaired) electrons. The molecule has 0 unspecified atom stereocenters. The minimum atomic E-state index is -0.255. The fraction of sp³-hybridized carbons (Fsp3) is 0.158. The predicted molar refractivity (Wildman–Crippen MR) is 94.4 cm³/mol. The normalized spacial score (nSPS) is 10.5. The number of hydrogen-bond donors (Lipinski definition) is 1. The first-order valence-electron chi connectivity index (χ1n) is 7.72. The number of carbonyl (C=O) groups is 1. The predicted octanol–water partition coefficient (Wildman–Crippen LogP) is 3.85. The van der Waals surface area contributed by atoms with Crippen LogP contribution in [0.3, 0.4) is 0 Å². The van der Waals surface area contributed by atoms with Crippen LogP contribution >= 0.6 is 11.3 Å². The number of benzene rings is 2. The summed E-state index contributed by atoms with van der Waals surface area (Å²) in [4.78, 5) is 16.5. The third-order valence-corrected chi connectivity index (χ3v) is 4.48. The highest BCUT2D eigenvalue weighted by Gasteiger charge is 2.08. The molecule has 1 amide bonds. The van der Waals surface area contributed by atoms with Crippen LogP contribution in [-0.2, 0) is 17.6 Å². The van der Waals surface area contributed by atoms with Crippen molar-refractivity contribution in [2.45, 2.75) is 12.8 Å². The molecule has 0 atom stereocenters. The van der Waals surface area contributed by atoms with Gasteiger partial charge >= 0.3 is 0 Å². The molecular formula is C19H17FN2OS. The van der Waals surface area contributed by atoms with Gasteiger partial charge in [0.2, 0.25) is 5.91 Å². The first-order valence-corrected chi connectivity index (χ1v) is 8.59. The molecule has 24 heavy (non-hydrogen) atoms. The molecule has 0 saturated heterocycles. The number of rotatable bonds is 6. The van der Waals surface area contributed by atoms with E-state index in [-0.39, 0.29) is 18.1 Å². The average molecular weight is 340 g/mol. The lowest BCUT2D eigenvalue weighted by Crippen LogP contribution is -2.27. The van der Waals surface area contributed by atoms with Crippen LogP contribution in [0.25, 0.3) is 10.6 Å². The summed E-state index contributed by atoms with van der Waals surface area (Å²) in [5, 5.41) is 5.68. The lowest BCUT2D eigenvalue weighted by Gasteiger charge is -2.04. The van der Waals surface area contributed by atoms with E-state index >= 15 is 0 Å². The van der Waals surface area contributed by atoms with Crippen molar-refractivity contribution in [3.05, 3.63) is 77.1 Å². The van der Waals surface area contributed by atoms with Crippen molar-refractivity contribution in [2.75, 3.05) is 6.54 Å². The summed E-state index contributed by atoms with van der Waals surface area (Å²) >= 11 is 1.53. The fourth-order valence-corrected chi connectivity index (χ4v) is 3.19. The number of carbonyl (C=O) groups excluding carboxylic acids is 1. The molecule has 2 aromatic carbocycles. The Morgan fingerprint density at radius 1 is 1.12 bits per heavy atom. The molecule has 3 rings (SSSR count). The average Bonchev–Trinajstić information content (AvgIpc) is 3.04. The van der Waals surface area contributed by atoms with E-state index in [9.17, 15) is 9.18 Å². The van der Waals surface area contributed by atoms with Crippen LogP contribution in [0.4, 0.5) is 4.39 Å². The Hall–Kier alpha value is -2.53. The molecule has 0 aliphatic carbocycles. The molecule has 3 aromatic rings. The lowest BCUT2D eigenvalue weighted by atomic mass is 10.1. The third kappa shape index (κ3) is 4.49. The molecule has 1 aromatic heterocycles. The number of thiazole rings is 1. The number of nitrogens with zero attached hydrogens (tertiary/aromatic N) is 1. The molecule has 0 spiro atoms. The van der Waals surface area contributed by atoms with Gasteiger partial charge in [0.15, 0.2) is 0 Å². The zero-order valence-electron chi connectivity index (χ0n) is 13.0. The SMILES string of the molecule is O=C(Cc1csc(-c2ccccc2)n1)NCCc1cccc(F)c1. The van der Waals surface area contributed by atoms with Crippen LogP contribution in [-0.4, -0.2) is 17.4 Å². The summed E-state index contributed by atoms with van der Waals surface area (Å²) < 4.78 is 13.1. The Balaban J connectivity index is 1.49. The third-order valence-electron chi connectivity index (χ3n) is 3.54. The molecule has 1 heterocycles. The van der Waals surface area contributed by atoms with Crippen molar-refractivity contribution in [2.24, 2.45) is 0 Å². The quantitative estimate of drug-likeness (QED) is 0.740. The van der Waals surface area contributed by atoms with E-state index in [4.69, 9.17) is 0 Å². The summed E-state index contributed by atoms with van der Waals surface area (Å²) in [6.45, 7) is 0.484. The lowest BCUT2D eigenvalue weighted by molar-refractivity contribution is -0.120. The first kappa shape index (κ1) is 16.3. The summed E-state index contributed by atoms with van der Waals surface area (Å²) in [5.41, 5.74) is 2.69. The minimum Gasteiger partial charge on any atom is -0.355 e. The van der Waals surface area contributed by atoms with Gasteiger partial charge in [0, 0.05) is 17.5 Å². The van der Waals surface area contributed by atoms with Crippen LogP contribution < -0.4 is 5.32 Å². The molecule has 0 saturated carbocycles. The Kier molecular flexibility index (Phi) is 5.33. The van der Waals surface area contributed by atoms with E-state index in [1.165, 1.54) is 23.5 Å². The van der Waals surface area contributed by atoms with Gasteiger partial charge in [-0.25, -0.2) is 9.37 Å². The highest BCUT2D eigenvalue weighted by Crippen LogP contribution is 2.23. The highest BCUT2D eigenvalue weighted by atomic mass is 32.1. The summed E-state index contributed by atoms with van der Waals surface area (Å²) in [5.74, 6) is -0.328. The molecule has 3 nitrogen and oxygen atoms in total. The molecule has 5 heteroatoms. The minimum absolute atomic E-state index is 0.0729. The van der Waals surface area contributed by atoms with E-state index < -0.39 is 0 Å². The van der Waals surface area contributed by atoms with Crippen LogP contribution in [0.5, 0.6) is 0 Å². The second-order valence-corrected chi connectivity index (χ2v) is 6.27. The van der Waals surface area contributed by atoms with Gasteiger partial charge in [0.05, 0.1) is 12.1 Å². The summed E-state index contributed by atoms with van der Waals surface area (Å²) in [6.07, 6.45) is 0.863. The molecule has 122 valence electrons. The van der Waals surface area contributed by atoms with Gasteiger partial charge < -0.3 is 5.32 Å². The van der Waals surface area contributed by atoms with E-state index in [0.29, 0.717) is 13.0 Å². The van der Waals surface area contributed by atoms with E-state index in [1.54, 1.807) is 6.07 Å². The second kappa shape index (κ2) is 7.84. The number of amides is 1. The van der Waals surface area contributed by atoms with Crippen molar-refractivity contribution in [3.63, 3.8) is 0 Å². The maximum atomic E-state index is 13.1. The number of aromatic nitrogens is 1. The largest absolute Gasteiger partial charge is 0.355 e. The number of nitrogens with one attached hydrogen (secondary N) is 1. The monoisotopic (exact) mass is 340 g/mol. The molecular weight excluding hydrogens is 323 g/mol. The van der Waals surface area contributed by atoms with Gasteiger partial charge in [-0.2, -0.15) is 0 Å². The van der Waals surface area contributed by atoms with Gasteiger partial charge in [0.1, 0.15) is 10.8 Å². The number of halogens is 1. The Bertz CT molecular complexity index is 817. The molecule has 0 aliphatic heterocycles. The van der Waals surface area contributed by atoms with Gasteiger partial charge in [-0.15, -0.1) is 11.3 Å². The first-order chi connectivity index (χ1) is 11.7. The maximum Gasteiger partial charge on any atom is 0.226 e. The number of hydrogen-bond acceptors (Lipinski definition) is 3. The van der Waals surface area contributed by atoms with E-state index in [2.05, 4.69) is 10.3 Å². The Labute approximate surface area is 144 Å². The Morgan fingerprint density at radius 3 is 2.75 bits per heavy atom. The molecule has 0 bridgehead atoms. The molecule has 0 aliphatic rings.